The van der Waals surface area contributed by atoms with Crippen LogP contribution in [0, 0.1) is 0 Å². The summed E-state index contributed by atoms with van der Waals surface area (Å²) >= 11 is 6.50. The van der Waals surface area contributed by atoms with Crippen molar-refractivity contribution in [3.8, 4) is 5.75 Å². The number of carbonyl (C=O) groups is 2. The van der Waals surface area contributed by atoms with E-state index in [0.29, 0.717) is 22.2 Å². The fraction of sp³-hybridized carbons (Fsp3) is 0.353. The van der Waals surface area contributed by atoms with E-state index in [9.17, 15) is 9.59 Å². The highest BCUT2D eigenvalue weighted by Crippen LogP contribution is 2.34. The van der Waals surface area contributed by atoms with Gasteiger partial charge in [-0.1, -0.05) is 30.0 Å². The second-order valence-corrected chi connectivity index (χ2v) is 7.51. The number of aliphatic carboxylic acids is 1. The Balaban J connectivity index is 1.72. The number of ether oxygens (including phenoxy) is 1. The van der Waals surface area contributed by atoms with Gasteiger partial charge in [-0.3, -0.25) is 14.5 Å². The van der Waals surface area contributed by atoms with Gasteiger partial charge < -0.3 is 9.84 Å². The maximum absolute atomic E-state index is 12.5. The van der Waals surface area contributed by atoms with E-state index in [0.717, 1.165) is 23.3 Å². The SMILES string of the molecule is CC1Cc2cc(/C=C3/SC(=S)N(CCCC(=O)O)C3=O)ccc2O1. The zero-order valence-electron chi connectivity index (χ0n) is 13.2. The standard InChI is InChI=1S/C17H17NO4S2/c1-10-7-12-8-11(4-5-13(12)22-10)9-14-16(21)18(17(23)24-14)6-2-3-15(19)20/h4-5,8-10H,2-3,6-7H2,1H3,(H,19,20)/b14-9+. The summed E-state index contributed by atoms with van der Waals surface area (Å²) in [6, 6.07) is 5.89. The van der Waals surface area contributed by atoms with Crippen LogP contribution in [0.15, 0.2) is 23.1 Å². The molecule has 0 spiro atoms. The summed E-state index contributed by atoms with van der Waals surface area (Å²) in [6.45, 7) is 2.37. The molecule has 2 heterocycles. The number of thiocarbonyl (C=S) groups is 1. The lowest BCUT2D eigenvalue weighted by molar-refractivity contribution is -0.137. The van der Waals surface area contributed by atoms with Crippen molar-refractivity contribution in [2.24, 2.45) is 0 Å². The Morgan fingerprint density at radius 3 is 3.08 bits per heavy atom. The van der Waals surface area contributed by atoms with E-state index in [-0.39, 0.29) is 18.4 Å². The average Bonchev–Trinajstić information content (AvgIpc) is 3.00. The number of hydrogen-bond donors (Lipinski definition) is 1. The number of rotatable bonds is 5. The normalized spacial score (nSPS) is 21.3. The van der Waals surface area contributed by atoms with Crippen LogP contribution in [0.3, 0.4) is 0 Å². The first-order valence-electron chi connectivity index (χ1n) is 7.71. The maximum atomic E-state index is 12.5. The van der Waals surface area contributed by atoms with E-state index < -0.39 is 5.97 Å². The molecule has 0 aliphatic carbocycles. The Bertz CT molecular complexity index is 744. The number of carbonyl (C=O) groups excluding carboxylic acids is 1. The van der Waals surface area contributed by atoms with Crippen LogP contribution in [0.2, 0.25) is 0 Å². The molecule has 126 valence electrons. The first kappa shape index (κ1) is 17.0. The molecule has 1 saturated heterocycles. The number of fused-ring (bicyclic) bond motifs is 1. The van der Waals surface area contributed by atoms with Gasteiger partial charge >= 0.3 is 5.97 Å². The Kier molecular flexibility index (Phi) is 4.91. The fourth-order valence-electron chi connectivity index (χ4n) is 2.76. The number of carboxylic acids is 1. The summed E-state index contributed by atoms with van der Waals surface area (Å²) in [4.78, 5) is 25.1. The summed E-state index contributed by atoms with van der Waals surface area (Å²) in [7, 11) is 0. The van der Waals surface area contributed by atoms with Gasteiger partial charge in [0.25, 0.3) is 5.91 Å². The molecule has 0 aromatic heterocycles. The van der Waals surface area contributed by atoms with Crippen LogP contribution in [-0.2, 0) is 16.0 Å². The van der Waals surface area contributed by atoms with E-state index in [4.69, 9.17) is 22.1 Å². The lowest BCUT2D eigenvalue weighted by Crippen LogP contribution is -2.29. The molecule has 1 aromatic carbocycles. The van der Waals surface area contributed by atoms with Crippen LogP contribution in [-0.4, -0.2) is 38.9 Å². The fourth-order valence-corrected chi connectivity index (χ4v) is 4.07. The van der Waals surface area contributed by atoms with Gasteiger partial charge in [-0.25, -0.2) is 0 Å². The van der Waals surface area contributed by atoms with Gasteiger partial charge in [-0.2, -0.15) is 0 Å². The van der Waals surface area contributed by atoms with Gasteiger partial charge in [0, 0.05) is 19.4 Å². The molecular weight excluding hydrogens is 346 g/mol. The second kappa shape index (κ2) is 6.94. The average molecular weight is 363 g/mol. The topological polar surface area (TPSA) is 66.8 Å². The van der Waals surface area contributed by atoms with Gasteiger partial charge in [-0.15, -0.1) is 0 Å². The van der Waals surface area contributed by atoms with Crippen LogP contribution in [0.1, 0.15) is 30.9 Å². The first-order chi connectivity index (χ1) is 11.4. The van der Waals surface area contributed by atoms with Crippen molar-refractivity contribution >= 4 is 46.3 Å². The van der Waals surface area contributed by atoms with E-state index in [1.165, 1.54) is 16.7 Å². The van der Waals surface area contributed by atoms with Crippen molar-refractivity contribution in [3.05, 3.63) is 34.2 Å². The molecule has 1 unspecified atom stereocenters. The molecule has 0 saturated carbocycles. The summed E-state index contributed by atoms with van der Waals surface area (Å²) in [5.74, 6) is -0.119. The third-order valence-electron chi connectivity index (χ3n) is 3.86. The zero-order valence-corrected chi connectivity index (χ0v) is 14.8. The van der Waals surface area contributed by atoms with E-state index >= 15 is 0 Å². The number of nitrogens with zero attached hydrogens (tertiary/aromatic N) is 1. The smallest absolute Gasteiger partial charge is 0.303 e. The van der Waals surface area contributed by atoms with Crippen LogP contribution in [0.5, 0.6) is 5.75 Å². The predicted molar refractivity (Wildman–Crippen MR) is 97.0 cm³/mol. The van der Waals surface area contributed by atoms with Crippen LogP contribution in [0.4, 0.5) is 0 Å². The van der Waals surface area contributed by atoms with Gasteiger partial charge in [0.05, 0.1) is 4.91 Å². The molecule has 1 aromatic rings. The highest BCUT2D eigenvalue weighted by molar-refractivity contribution is 8.26. The van der Waals surface area contributed by atoms with E-state index in [1.807, 2.05) is 31.2 Å². The highest BCUT2D eigenvalue weighted by Gasteiger charge is 2.31. The van der Waals surface area contributed by atoms with Crippen molar-refractivity contribution in [2.75, 3.05) is 6.54 Å². The van der Waals surface area contributed by atoms with E-state index in [2.05, 4.69) is 0 Å². The van der Waals surface area contributed by atoms with Gasteiger partial charge in [0.2, 0.25) is 0 Å². The predicted octanol–water partition coefficient (Wildman–Crippen LogP) is 3.08. The lowest BCUT2D eigenvalue weighted by Gasteiger charge is -2.13. The monoisotopic (exact) mass is 363 g/mol. The molecule has 0 bridgehead atoms. The minimum absolute atomic E-state index is 0.0269. The molecule has 1 amide bonds. The summed E-state index contributed by atoms with van der Waals surface area (Å²) in [5, 5.41) is 8.70. The van der Waals surface area contributed by atoms with Gasteiger partial charge in [0.1, 0.15) is 16.2 Å². The third-order valence-corrected chi connectivity index (χ3v) is 5.24. The first-order valence-corrected chi connectivity index (χ1v) is 8.93. The summed E-state index contributed by atoms with van der Waals surface area (Å²) in [6.07, 6.45) is 3.30. The summed E-state index contributed by atoms with van der Waals surface area (Å²) < 4.78 is 6.16. The number of amides is 1. The quantitative estimate of drug-likeness (QED) is 0.641. The Morgan fingerprint density at radius 2 is 2.33 bits per heavy atom. The molecule has 1 N–H and O–H groups in total. The number of carboxylic acid groups (broad SMARTS) is 1. The van der Waals surface area contributed by atoms with Gasteiger partial charge in [-0.05, 0) is 42.7 Å². The Labute approximate surface area is 149 Å². The maximum Gasteiger partial charge on any atom is 0.303 e. The van der Waals surface area contributed by atoms with Crippen LogP contribution in [0.25, 0.3) is 6.08 Å². The molecule has 5 nitrogen and oxygen atoms in total. The lowest BCUT2D eigenvalue weighted by atomic mass is 10.1. The van der Waals surface area contributed by atoms with Crippen molar-refractivity contribution in [1.82, 2.24) is 4.90 Å². The number of hydrogen-bond acceptors (Lipinski definition) is 5. The van der Waals surface area contributed by atoms with Crippen molar-refractivity contribution in [3.63, 3.8) is 0 Å². The van der Waals surface area contributed by atoms with Crippen LogP contribution < -0.4 is 4.74 Å². The number of benzene rings is 1. The zero-order chi connectivity index (χ0) is 17.3. The second-order valence-electron chi connectivity index (χ2n) is 5.83. The highest BCUT2D eigenvalue weighted by atomic mass is 32.2. The Morgan fingerprint density at radius 1 is 1.54 bits per heavy atom. The van der Waals surface area contributed by atoms with E-state index in [1.54, 1.807) is 0 Å². The van der Waals surface area contributed by atoms with Crippen LogP contribution >= 0.6 is 24.0 Å². The van der Waals surface area contributed by atoms with Crippen molar-refractivity contribution in [1.29, 1.82) is 0 Å². The molecule has 24 heavy (non-hydrogen) atoms. The molecule has 0 radical (unpaired) electrons. The molecule has 2 aliphatic rings. The Hall–Kier alpha value is -1.86. The molecule has 7 heteroatoms. The van der Waals surface area contributed by atoms with Crippen molar-refractivity contribution < 1.29 is 19.4 Å². The van der Waals surface area contributed by atoms with Crippen molar-refractivity contribution in [2.45, 2.75) is 32.3 Å². The minimum atomic E-state index is -0.870. The third kappa shape index (κ3) is 3.62. The molecule has 3 rings (SSSR count). The molecular formula is C17H17NO4S2. The van der Waals surface area contributed by atoms with Gasteiger partial charge in [0.15, 0.2) is 0 Å². The molecule has 1 fully saturated rings. The molecule has 1 atom stereocenters. The summed E-state index contributed by atoms with van der Waals surface area (Å²) in [5.41, 5.74) is 2.09. The molecule has 2 aliphatic heterocycles. The number of thioether (sulfide) groups is 1. The largest absolute Gasteiger partial charge is 0.490 e. The minimum Gasteiger partial charge on any atom is -0.490 e.